The van der Waals surface area contributed by atoms with Crippen molar-refractivity contribution in [2.75, 3.05) is 24.5 Å². The summed E-state index contributed by atoms with van der Waals surface area (Å²) in [5.41, 5.74) is 0.439. The first kappa shape index (κ1) is 17.4. The van der Waals surface area contributed by atoms with Crippen LogP contribution in [0.5, 0.6) is 0 Å². The second-order valence-electron chi connectivity index (χ2n) is 6.79. The fraction of sp³-hybridized carbons (Fsp3) is 0.500. The molecule has 2 saturated heterocycles. The summed E-state index contributed by atoms with van der Waals surface area (Å²) in [5, 5.41) is 0. The molecule has 1 aromatic carbocycles. The molecule has 6 nitrogen and oxygen atoms in total. The van der Waals surface area contributed by atoms with E-state index in [1.807, 2.05) is 0 Å². The number of urea groups is 1. The third-order valence-electron chi connectivity index (χ3n) is 4.98. The maximum absolute atomic E-state index is 13.1. The fourth-order valence-electron chi connectivity index (χ4n) is 3.30. The van der Waals surface area contributed by atoms with Crippen molar-refractivity contribution >= 4 is 23.5 Å². The zero-order valence-electron chi connectivity index (χ0n) is 14.4. The van der Waals surface area contributed by atoms with Crippen LogP contribution < -0.4 is 4.90 Å². The number of anilines is 1. The molecule has 2 fully saturated rings. The summed E-state index contributed by atoms with van der Waals surface area (Å²) in [6.07, 6.45) is 1.87. The Kier molecular flexibility index (Phi) is 4.74. The molecule has 7 heteroatoms. The van der Waals surface area contributed by atoms with Crippen LogP contribution in [0.15, 0.2) is 24.3 Å². The highest BCUT2D eigenvalue weighted by Gasteiger charge is 2.44. The second kappa shape index (κ2) is 6.82. The average molecular weight is 347 g/mol. The van der Waals surface area contributed by atoms with Gasteiger partial charge in [0.2, 0.25) is 5.91 Å². The number of halogens is 1. The number of piperidine rings is 1. The van der Waals surface area contributed by atoms with Crippen molar-refractivity contribution in [1.29, 1.82) is 0 Å². The van der Waals surface area contributed by atoms with Gasteiger partial charge in [-0.3, -0.25) is 19.4 Å². The van der Waals surface area contributed by atoms with E-state index in [4.69, 9.17) is 0 Å². The highest BCUT2D eigenvalue weighted by Crippen LogP contribution is 2.26. The van der Waals surface area contributed by atoms with Gasteiger partial charge in [-0.05, 0) is 49.9 Å². The van der Waals surface area contributed by atoms with E-state index < -0.39 is 23.8 Å². The van der Waals surface area contributed by atoms with E-state index in [0.29, 0.717) is 24.7 Å². The van der Waals surface area contributed by atoms with E-state index in [0.717, 1.165) is 17.7 Å². The first-order valence-electron chi connectivity index (χ1n) is 8.56. The highest BCUT2D eigenvalue weighted by molar-refractivity contribution is 6.15. The van der Waals surface area contributed by atoms with E-state index in [9.17, 15) is 18.8 Å². The minimum atomic E-state index is -0.716. The number of carbonyl (C=O) groups is 3. The van der Waals surface area contributed by atoms with E-state index >= 15 is 0 Å². The van der Waals surface area contributed by atoms with Crippen LogP contribution in [-0.2, 0) is 9.59 Å². The van der Waals surface area contributed by atoms with Crippen LogP contribution in [0.2, 0.25) is 0 Å². The van der Waals surface area contributed by atoms with Gasteiger partial charge < -0.3 is 4.90 Å². The van der Waals surface area contributed by atoms with Gasteiger partial charge in [-0.15, -0.1) is 0 Å². The molecule has 0 bridgehead atoms. The molecule has 0 unspecified atom stereocenters. The molecule has 2 aliphatic rings. The monoisotopic (exact) mass is 347 g/mol. The number of hydrogen-bond acceptors (Lipinski definition) is 3. The van der Waals surface area contributed by atoms with E-state index in [2.05, 4.69) is 6.92 Å². The Balaban J connectivity index is 1.72. The SMILES string of the molecule is CC1CCN(C(=O)CN2C(=O)[C@@H](C)N(c3ccc(F)cc3)C2=O)CC1. The Morgan fingerprint density at radius 1 is 1.12 bits per heavy atom. The maximum atomic E-state index is 13.1. The number of hydrogen-bond donors (Lipinski definition) is 0. The number of likely N-dealkylation sites (tertiary alicyclic amines) is 1. The lowest BCUT2D eigenvalue weighted by atomic mass is 9.99. The second-order valence-corrected chi connectivity index (χ2v) is 6.79. The molecule has 0 N–H and O–H groups in total. The Labute approximate surface area is 146 Å². The van der Waals surface area contributed by atoms with Gasteiger partial charge in [-0.25, -0.2) is 9.18 Å². The topological polar surface area (TPSA) is 60.9 Å². The van der Waals surface area contributed by atoms with Crippen molar-refractivity contribution in [2.45, 2.75) is 32.7 Å². The Morgan fingerprint density at radius 2 is 1.72 bits per heavy atom. The molecule has 0 spiro atoms. The van der Waals surface area contributed by atoms with Crippen LogP contribution in [0.25, 0.3) is 0 Å². The van der Waals surface area contributed by atoms with Gasteiger partial charge in [-0.1, -0.05) is 6.92 Å². The Hall–Kier alpha value is -2.44. The number of amides is 4. The van der Waals surface area contributed by atoms with Crippen molar-refractivity contribution < 1.29 is 18.8 Å². The molecule has 3 rings (SSSR count). The van der Waals surface area contributed by atoms with Gasteiger partial charge in [0.15, 0.2) is 0 Å². The third-order valence-corrected chi connectivity index (χ3v) is 4.98. The van der Waals surface area contributed by atoms with Gasteiger partial charge >= 0.3 is 6.03 Å². The van der Waals surface area contributed by atoms with Crippen LogP contribution in [0.1, 0.15) is 26.7 Å². The van der Waals surface area contributed by atoms with Gasteiger partial charge in [0, 0.05) is 18.8 Å². The molecule has 25 heavy (non-hydrogen) atoms. The van der Waals surface area contributed by atoms with E-state index in [1.165, 1.54) is 29.2 Å². The lowest BCUT2D eigenvalue weighted by Crippen LogP contribution is -2.46. The molecule has 0 aliphatic carbocycles. The zero-order chi connectivity index (χ0) is 18.1. The van der Waals surface area contributed by atoms with Gasteiger partial charge in [-0.2, -0.15) is 0 Å². The van der Waals surface area contributed by atoms with Crippen molar-refractivity contribution in [3.63, 3.8) is 0 Å². The summed E-state index contributed by atoms with van der Waals surface area (Å²) in [4.78, 5) is 41.6. The van der Waals surface area contributed by atoms with Crippen molar-refractivity contribution in [2.24, 2.45) is 5.92 Å². The normalized spacial score (nSPS) is 22.0. The molecule has 4 amide bonds. The van der Waals surface area contributed by atoms with Crippen molar-refractivity contribution in [1.82, 2.24) is 9.80 Å². The molecule has 1 aromatic rings. The van der Waals surface area contributed by atoms with Crippen LogP contribution >= 0.6 is 0 Å². The van der Waals surface area contributed by atoms with Crippen LogP contribution in [0.3, 0.4) is 0 Å². The Bertz CT molecular complexity index is 683. The van der Waals surface area contributed by atoms with Crippen LogP contribution in [0.4, 0.5) is 14.9 Å². The van der Waals surface area contributed by atoms with Crippen molar-refractivity contribution in [3.05, 3.63) is 30.1 Å². The molecule has 2 heterocycles. The number of benzene rings is 1. The number of nitrogens with zero attached hydrogens (tertiary/aromatic N) is 3. The van der Waals surface area contributed by atoms with Gasteiger partial charge in [0.1, 0.15) is 18.4 Å². The largest absolute Gasteiger partial charge is 0.341 e. The summed E-state index contributed by atoms with van der Waals surface area (Å²) in [7, 11) is 0. The lowest BCUT2D eigenvalue weighted by molar-refractivity contribution is -0.138. The molecule has 134 valence electrons. The third kappa shape index (κ3) is 3.36. The standard InChI is InChI=1S/C18H22FN3O3/c1-12-7-9-20(10-8-12)16(23)11-21-17(24)13(2)22(18(21)25)15-5-3-14(19)4-6-15/h3-6,12-13H,7-11H2,1-2H3/t13-/m1/s1. The summed E-state index contributed by atoms with van der Waals surface area (Å²) in [5.74, 6) is -0.441. The summed E-state index contributed by atoms with van der Waals surface area (Å²) >= 11 is 0. The first-order chi connectivity index (χ1) is 11.9. The molecular weight excluding hydrogens is 325 g/mol. The summed E-state index contributed by atoms with van der Waals surface area (Å²) < 4.78 is 13.1. The lowest BCUT2D eigenvalue weighted by Gasteiger charge is -2.31. The van der Waals surface area contributed by atoms with Gasteiger partial charge in [0.25, 0.3) is 5.91 Å². The van der Waals surface area contributed by atoms with E-state index in [-0.39, 0.29) is 12.5 Å². The molecule has 0 saturated carbocycles. The molecule has 2 aliphatic heterocycles. The quantitative estimate of drug-likeness (QED) is 0.788. The predicted octanol–water partition coefficient (Wildman–Crippen LogP) is 2.24. The van der Waals surface area contributed by atoms with Crippen molar-refractivity contribution in [3.8, 4) is 0 Å². The fourth-order valence-corrected chi connectivity index (χ4v) is 3.30. The van der Waals surface area contributed by atoms with Crippen LogP contribution in [-0.4, -0.2) is 53.3 Å². The number of rotatable bonds is 3. The molecule has 0 radical (unpaired) electrons. The molecule has 0 aromatic heterocycles. The smallest absolute Gasteiger partial charge is 0.332 e. The minimum absolute atomic E-state index is 0.207. The number of imide groups is 1. The van der Waals surface area contributed by atoms with Crippen LogP contribution in [0, 0.1) is 11.7 Å². The van der Waals surface area contributed by atoms with Gasteiger partial charge in [0.05, 0.1) is 0 Å². The molecule has 1 atom stereocenters. The minimum Gasteiger partial charge on any atom is -0.341 e. The summed E-state index contributed by atoms with van der Waals surface area (Å²) in [6, 6.07) is 4.13. The van der Waals surface area contributed by atoms with E-state index in [1.54, 1.807) is 11.8 Å². The predicted molar refractivity (Wildman–Crippen MR) is 90.4 cm³/mol. The average Bonchev–Trinajstić information content (AvgIpc) is 2.80. The Morgan fingerprint density at radius 3 is 2.32 bits per heavy atom. The maximum Gasteiger partial charge on any atom is 0.332 e. The summed E-state index contributed by atoms with van der Waals surface area (Å²) in [6.45, 7) is 4.84. The molecular formula is C18H22FN3O3. The first-order valence-corrected chi connectivity index (χ1v) is 8.56. The highest BCUT2D eigenvalue weighted by atomic mass is 19.1. The number of carbonyl (C=O) groups excluding carboxylic acids is 3. The zero-order valence-corrected chi connectivity index (χ0v) is 14.4.